The Labute approximate surface area is 124 Å². The van der Waals surface area contributed by atoms with Gasteiger partial charge in [0.2, 0.25) is 5.88 Å². The van der Waals surface area contributed by atoms with Gasteiger partial charge < -0.3 is 10.1 Å². The summed E-state index contributed by atoms with van der Waals surface area (Å²) in [4.78, 5) is 4.33. The normalized spacial score (nSPS) is 14.2. The number of halogens is 1. The third-order valence-electron chi connectivity index (χ3n) is 3.46. The van der Waals surface area contributed by atoms with Gasteiger partial charge in [-0.3, -0.25) is 0 Å². The second-order valence-electron chi connectivity index (χ2n) is 5.65. The highest BCUT2D eigenvalue weighted by atomic mass is 19.1. The fourth-order valence-electron chi connectivity index (χ4n) is 2.21. The quantitative estimate of drug-likeness (QED) is 0.905. The summed E-state index contributed by atoms with van der Waals surface area (Å²) in [7, 11) is 0. The SMILES string of the molecule is Cc1ccc(F)c(Oc2cc(CNC3CC3)cc(C)n2)c1. The van der Waals surface area contributed by atoms with E-state index in [1.54, 1.807) is 12.1 Å². The van der Waals surface area contributed by atoms with Gasteiger partial charge in [0.1, 0.15) is 0 Å². The molecule has 21 heavy (non-hydrogen) atoms. The van der Waals surface area contributed by atoms with E-state index in [-0.39, 0.29) is 11.6 Å². The predicted molar refractivity (Wildman–Crippen MR) is 80.0 cm³/mol. The minimum Gasteiger partial charge on any atom is -0.436 e. The van der Waals surface area contributed by atoms with E-state index in [0.29, 0.717) is 11.9 Å². The first-order chi connectivity index (χ1) is 10.1. The Morgan fingerprint density at radius 2 is 2.05 bits per heavy atom. The Hall–Kier alpha value is -1.94. The van der Waals surface area contributed by atoms with E-state index in [1.807, 2.05) is 26.0 Å². The Kier molecular flexibility index (Phi) is 3.88. The minimum absolute atomic E-state index is 0.217. The summed E-state index contributed by atoms with van der Waals surface area (Å²) in [6.07, 6.45) is 2.50. The molecule has 1 aromatic carbocycles. The van der Waals surface area contributed by atoms with Gasteiger partial charge in [-0.2, -0.15) is 0 Å². The average Bonchev–Trinajstić information content (AvgIpc) is 3.24. The molecule has 2 aromatic rings. The summed E-state index contributed by atoms with van der Waals surface area (Å²) in [6, 6.07) is 9.35. The monoisotopic (exact) mass is 286 g/mol. The number of benzene rings is 1. The van der Waals surface area contributed by atoms with Crippen LogP contribution in [0.5, 0.6) is 11.6 Å². The van der Waals surface area contributed by atoms with Gasteiger partial charge in [0, 0.05) is 24.3 Å². The van der Waals surface area contributed by atoms with Gasteiger partial charge in [-0.05, 0) is 56.0 Å². The molecule has 1 aromatic heterocycles. The van der Waals surface area contributed by atoms with Gasteiger partial charge in [-0.15, -0.1) is 0 Å². The van der Waals surface area contributed by atoms with Gasteiger partial charge >= 0.3 is 0 Å². The first kappa shape index (κ1) is 14.0. The highest BCUT2D eigenvalue weighted by Crippen LogP contribution is 2.25. The lowest BCUT2D eigenvalue weighted by atomic mass is 10.2. The van der Waals surface area contributed by atoms with Crippen LogP contribution < -0.4 is 10.1 Å². The van der Waals surface area contributed by atoms with Crippen molar-refractivity contribution >= 4 is 0 Å². The lowest BCUT2D eigenvalue weighted by Gasteiger charge is -2.10. The number of hydrogen-bond acceptors (Lipinski definition) is 3. The number of nitrogens with zero attached hydrogens (tertiary/aromatic N) is 1. The molecule has 4 heteroatoms. The van der Waals surface area contributed by atoms with Crippen LogP contribution in [0, 0.1) is 19.7 Å². The molecule has 1 heterocycles. The third-order valence-corrected chi connectivity index (χ3v) is 3.46. The second-order valence-corrected chi connectivity index (χ2v) is 5.65. The van der Waals surface area contributed by atoms with E-state index in [9.17, 15) is 4.39 Å². The Morgan fingerprint density at radius 1 is 1.24 bits per heavy atom. The smallest absolute Gasteiger partial charge is 0.219 e. The molecule has 1 aliphatic carbocycles. The molecule has 0 bridgehead atoms. The van der Waals surface area contributed by atoms with Crippen LogP contribution in [0.4, 0.5) is 4.39 Å². The molecule has 1 fully saturated rings. The van der Waals surface area contributed by atoms with Crippen molar-refractivity contribution in [2.24, 2.45) is 0 Å². The molecule has 0 unspecified atom stereocenters. The van der Waals surface area contributed by atoms with Gasteiger partial charge in [0.05, 0.1) is 0 Å². The van der Waals surface area contributed by atoms with Crippen LogP contribution in [-0.2, 0) is 6.54 Å². The average molecular weight is 286 g/mol. The van der Waals surface area contributed by atoms with E-state index in [2.05, 4.69) is 10.3 Å². The van der Waals surface area contributed by atoms with Crippen LogP contribution in [-0.4, -0.2) is 11.0 Å². The van der Waals surface area contributed by atoms with Crippen molar-refractivity contribution in [2.75, 3.05) is 0 Å². The molecule has 1 aliphatic rings. The Balaban J connectivity index is 1.78. The molecule has 1 N–H and O–H groups in total. The molecule has 3 rings (SSSR count). The van der Waals surface area contributed by atoms with E-state index >= 15 is 0 Å². The van der Waals surface area contributed by atoms with Crippen LogP contribution in [0.2, 0.25) is 0 Å². The summed E-state index contributed by atoms with van der Waals surface area (Å²) < 4.78 is 19.4. The molecule has 0 amide bonds. The van der Waals surface area contributed by atoms with Crippen LogP contribution in [0.25, 0.3) is 0 Å². The molecule has 3 nitrogen and oxygen atoms in total. The van der Waals surface area contributed by atoms with Crippen molar-refractivity contribution in [2.45, 2.75) is 39.3 Å². The number of hydrogen-bond donors (Lipinski definition) is 1. The standard InChI is InChI=1S/C17H19FN2O/c1-11-3-6-15(18)16(7-11)21-17-9-13(8-12(2)20-17)10-19-14-4-5-14/h3,6-9,14,19H,4-5,10H2,1-2H3. The fraction of sp³-hybridized carbons (Fsp3) is 0.353. The minimum atomic E-state index is -0.374. The largest absolute Gasteiger partial charge is 0.436 e. The Bertz CT molecular complexity index is 653. The van der Waals surface area contributed by atoms with E-state index < -0.39 is 0 Å². The molecule has 1 saturated carbocycles. The van der Waals surface area contributed by atoms with Crippen molar-refractivity contribution in [3.63, 3.8) is 0 Å². The number of rotatable bonds is 5. The zero-order chi connectivity index (χ0) is 14.8. The molecular weight excluding hydrogens is 267 g/mol. The van der Waals surface area contributed by atoms with E-state index in [4.69, 9.17) is 4.74 Å². The van der Waals surface area contributed by atoms with Gasteiger partial charge in [-0.25, -0.2) is 9.37 Å². The van der Waals surface area contributed by atoms with Crippen molar-refractivity contribution in [1.29, 1.82) is 0 Å². The first-order valence-electron chi connectivity index (χ1n) is 7.25. The van der Waals surface area contributed by atoms with Crippen molar-refractivity contribution in [3.05, 3.63) is 53.0 Å². The topological polar surface area (TPSA) is 34.1 Å². The molecule has 0 saturated heterocycles. The lowest BCUT2D eigenvalue weighted by molar-refractivity contribution is 0.425. The summed E-state index contributed by atoms with van der Waals surface area (Å²) in [5, 5.41) is 3.45. The van der Waals surface area contributed by atoms with Gasteiger partial charge in [-0.1, -0.05) is 6.07 Å². The molecule has 0 aliphatic heterocycles. The van der Waals surface area contributed by atoms with Crippen LogP contribution >= 0.6 is 0 Å². The Morgan fingerprint density at radius 3 is 2.81 bits per heavy atom. The van der Waals surface area contributed by atoms with Crippen molar-refractivity contribution < 1.29 is 9.13 Å². The highest BCUT2D eigenvalue weighted by Gasteiger charge is 2.20. The number of nitrogens with one attached hydrogen (secondary N) is 1. The number of pyridine rings is 1. The lowest BCUT2D eigenvalue weighted by Crippen LogP contribution is -2.15. The van der Waals surface area contributed by atoms with Crippen LogP contribution in [0.15, 0.2) is 30.3 Å². The molecule has 110 valence electrons. The summed E-state index contributed by atoms with van der Waals surface area (Å²) in [6.45, 7) is 4.61. The molecule has 0 atom stereocenters. The third kappa shape index (κ3) is 3.79. The fourth-order valence-corrected chi connectivity index (χ4v) is 2.21. The highest BCUT2D eigenvalue weighted by molar-refractivity contribution is 5.34. The maximum absolute atomic E-state index is 13.8. The number of aryl methyl sites for hydroxylation is 2. The van der Waals surface area contributed by atoms with E-state index in [1.165, 1.54) is 18.9 Å². The molecule has 0 radical (unpaired) electrons. The summed E-state index contributed by atoms with van der Waals surface area (Å²) in [5.74, 6) is 0.280. The van der Waals surface area contributed by atoms with Crippen LogP contribution in [0.3, 0.4) is 0 Å². The van der Waals surface area contributed by atoms with E-state index in [0.717, 1.165) is 23.4 Å². The van der Waals surface area contributed by atoms with Gasteiger partial charge in [0.25, 0.3) is 0 Å². The van der Waals surface area contributed by atoms with Gasteiger partial charge in [0.15, 0.2) is 11.6 Å². The number of aromatic nitrogens is 1. The molecular formula is C17H19FN2O. The maximum Gasteiger partial charge on any atom is 0.219 e. The predicted octanol–water partition coefficient (Wildman–Crippen LogP) is 3.88. The van der Waals surface area contributed by atoms with Crippen molar-refractivity contribution in [3.8, 4) is 11.6 Å². The van der Waals surface area contributed by atoms with Crippen molar-refractivity contribution in [1.82, 2.24) is 10.3 Å². The molecule has 0 spiro atoms. The first-order valence-corrected chi connectivity index (χ1v) is 7.25. The summed E-state index contributed by atoms with van der Waals surface area (Å²) in [5.41, 5.74) is 2.93. The summed E-state index contributed by atoms with van der Waals surface area (Å²) >= 11 is 0. The van der Waals surface area contributed by atoms with Crippen LogP contribution in [0.1, 0.15) is 29.7 Å². The second kappa shape index (κ2) is 5.82. The number of ether oxygens (including phenoxy) is 1. The zero-order valence-corrected chi connectivity index (χ0v) is 12.3. The maximum atomic E-state index is 13.8. The zero-order valence-electron chi connectivity index (χ0n) is 12.3.